The van der Waals surface area contributed by atoms with Crippen LogP contribution in [0.15, 0.2) is 0 Å². The number of hydrogen-bond acceptors (Lipinski definition) is 4. The summed E-state index contributed by atoms with van der Waals surface area (Å²) in [5.41, 5.74) is 1.31. The maximum atomic E-state index is 4.95. The lowest BCUT2D eigenvalue weighted by molar-refractivity contribution is 0.340. The van der Waals surface area contributed by atoms with E-state index in [2.05, 4.69) is 38.0 Å². The van der Waals surface area contributed by atoms with Crippen LogP contribution in [0.2, 0.25) is 0 Å². The van der Waals surface area contributed by atoms with Crippen molar-refractivity contribution in [3.05, 3.63) is 10.6 Å². The Labute approximate surface area is 134 Å². The topological polar surface area (TPSA) is 28.2 Å². The van der Waals surface area contributed by atoms with Crippen LogP contribution < -0.4 is 10.2 Å². The zero-order chi connectivity index (χ0) is 15.2. The summed E-state index contributed by atoms with van der Waals surface area (Å²) < 4.78 is 0. The monoisotopic (exact) mass is 309 g/mol. The van der Waals surface area contributed by atoms with Crippen LogP contribution in [0, 0.1) is 5.92 Å². The van der Waals surface area contributed by atoms with E-state index in [0.717, 1.165) is 25.4 Å². The second-order valence-corrected chi connectivity index (χ2v) is 7.48. The lowest BCUT2D eigenvalue weighted by atomic mass is 9.87. The van der Waals surface area contributed by atoms with Crippen LogP contribution in [0.1, 0.15) is 63.4 Å². The zero-order valence-electron chi connectivity index (χ0n) is 14.1. The van der Waals surface area contributed by atoms with E-state index in [1.165, 1.54) is 47.8 Å². The molecule has 1 aromatic rings. The first-order valence-electron chi connectivity index (χ1n) is 8.57. The van der Waals surface area contributed by atoms with Gasteiger partial charge in [0.2, 0.25) is 0 Å². The van der Waals surface area contributed by atoms with Gasteiger partial charge in [-0.3, -0.25) is 0 Å². The second-order valence-electron chi connectivity index (χ2n) is 6.42. The van der Waals surface area contributed by atoms with Gasteiger partial charge in [0.05, 0.1) is 5.69 Å². The van der Waals surface area contributed by atoms with Gasteiger partial charge in [0, 0.05) is 24.5 Å². The van der Waals surface area contributed by atoms with Crippen LogP contribution in [0.5, 0.6) is 0 Å². The van der Waals surface area contributed by atoms with Gasteiger partial charge in [-0.15, -0.1) is 11.3 Å². The minimum absolute atomic E-state index is 0.689. The fraction of sp³-hybridized carbons (Fsp3) is 0.824. The summed E-state index contributed by atoms with van der Waals surface area (Å²) in [4.78, 5) is 8.84. The molecule has 120 valence electrons. The van der Waals surface area contributed by atoms with Gasteiger partial charge in [-0.1, -0.05) is 27.2 Å². The first kappa shape index (κ1) is 16.8. The summed E-state index contributed by atoms with van der Waals surface area (Å²) in [6.07, 6.45) is 7.66. The van der Waals surface area contributed by atoms with E-state index >= 15 is 0 Å². The second kappa shape index (κ2) is 8.14. The van der Waals surface area contributed by atoms with Gasteiger partial charge in [-0.05, 0) is 44.6 Å². The summed E-state index contributed by atoms with van der Waals surface area (Å²) in [5.74, 6) is 0.908. The quantitative estimate of drug-likeness (QED) is 0.817. The number of rotatable bonds is 7. The zero-order valence-corrected chi connectivity index (χ0v) is 14.9. The molecule has 3 nitrogen and oxygen atoms in total. The lowest BCUT2D eigenvalue weighted by Crippen LogP contribution is -2.34. The van der Waals surface area contributed by atoms with Crippen molar-refractivity contribution < 1.29 is 0 Å². The van der Waals surface area contributed by atoms with Crippen LogP contribution in [0.25, 0.3) is 0 Å². The van der Waals surface area contributed by atoms with Gasteiger partial charge in [0.1, 0.15) is 0 Å². The van der Waals surface area contributed by atoms with E-state index in [1.807, 2.05) is 11.3 Å². The highest BCUT2D eigenvalue weighted by molar-refractivity contribution is 7.15. The lowest BCUT2D eigenvalue weighted by Gasteiger charge is -2.33. The Bertz CT molecular complexity index is 422. The van der Waals surface area contributed by atoms with Crippen molar-refractivity contribution in [3.63, 3.8) is 0 Å². The van der Waals surface area contributed by atoms with Crippen LogP contribution in [-0.2, 0) is 13.0 Å². The van der Waals surface area contributed by atoms with Crippen LogP contribution in [0.3, 0.4) is 0 Å². The Morgan fingerprint density at radius 3 is 2.57 bits per heavy atom. The number of hydrogen-bond donors (Lipinski definition) is 1. The Morgan fingerprint density at radius 1 is 1.24 bits per heavy atom. The molecule has 0 radical (unpaired) electrons. The molecule has 0 spiro atoms. The number of aryl methyl sites for hydroxylation is 1. The van der Waals surface area contributed by atoms with Gasteiger partial charge >= 0.3 is 0 Å². The Morgan fingerprint density at radius 2 is 1.95 bits per heavy atom. The third-order valence-corrected chi connectivity index (χ3v) is 5.81. The number of nitrogens with one attached hydrogen (secondary N) is 1. The molecule has 0 saturated heterocycles. The average Bonchev–Trinajstić information content (AvgIpc) is 2.88. The van der Waals surface area contributed by atoms with Gasteiger partial charge in [0.15, 0.2) is 5.13 Å². The van der Waals surface area contributed by atoms with Crippen molar-refractivity contribution in [2.24, 2.45) is 5.92 Å². The Kier molecular flexibility index (Phi) is 6.49. The number of thiazole rings is 1. The third-order valence-electron chi connectivity index (χ3n) is 4.62. The molecule has 1 N–H and O–H groups in total. The van der Waals surface area contributed by atoms with Crippen LogP contribution in [-0.4, -0.2) is 24.6 Å². The molecule has 1 saturated carbocycles. The fourth-order valence-corrected chi connectivity index (χ4v) is 4.22. The molecule has 0 aliphatic heterocycles. The standard InChI is InChI=1S/C17H31N3S/c1-5-7-15-16(12-18-6-2)21-17(19-15)20(4)14-10-8-13(3)9-11-14/h13-14,18H,5-12H2,1-4H3. The van der Waals surface area contributed by atoms with E-state index in [-0.39, 0.29) is 0 Å². The van der Waals surface area contributed by atoms with Crippen molar-refractivity contribution in [3.8, 4) is 0 Å². The van der Waals surface area contributed by atoms with Crippen molar-refractivity contribution in [2.75, 3.05) is 18.5 Å². The van der Waals surface area contributed by atoms with Gasteiger partial charge < -0.3 is 10.2 Å². The highest BCUT2D eigenvalue weighted by Crippen LogP contribution is 2.33. The molecular formula is C17H31N3S. The normalized spacial score (nSPS) is 22.5. The molecular weight excluding hydrogens is 278 g/mol. The maximum absolute atomic E-state index is 4.95. The number of anilines is 1. The summed E-state index contributed by atoms with van der Waals surface area (Å²) >= 11 is 1.89. The number of aromatic nitrogens is 1. The first-order valence-corrected chi connectivity index (χ1v) is 9.39. The van der Waals surface area contributed by atoms with E-state index in [9.17, 15) is 0 Å². The molecule has 0 atom stereocenters. The van der Waals surface area contributed by atoms with Crippen LogP contribution in [0.4, 0.5) is 5.13 Å². The summed E-state index contributed by atoms with van der Waals surface area (Å²) in [6, 6.07) is 0.689. The third kappa shape index (κ3) is 4.43. The highest BCUT2D eigenvalue weighted by Gasteiger charge is 2.24. The summed E-state index contributed by atoms with van der Waals surface area (Å²) in [5, 5.41) is 4.68. The average molecular weight is 310 g/mol. The smallest absolute Gasteiger partial charge is 0.185 e. The minimum Gasteiger partial charge on any atom is -0.348 e. The predicted molar refractivity (Wildman–Crippen MR) is 93.3 cm³/mol. The van der Waals surface area contributed by atoms with E-state index < -0.39 is 0 Å². The molecule has 0 bridgehead atoms. The van der Waals surface area contributed by atoms with Crippen molar-refractivity contribution in [1.29, 1.82) is 0 Å². The molecule has 1 heterocycles. The molecule has 0 amide bonds. The van der Waals surface area contributed by atoms with Gasteiger partial charge in [0.25, 0.3) is 0 Å². The first-order chi connectivity index (χ1) is 10.2. The van der Waals surface area contributed by atoms with Gasteiger partial charge in [-0.25, -0.2) is 4.98 Å². The molecule has 1 fully saturated rings. The van der Waals surface area contributed by atoms with Crippen molar-refractivity contribution in [2.45, 2.75) is 71.9 Å². The maximum Gasteiger partial charge on any atom is 0.185 e. The molecule has 0 aromatic carbocycles. The van der Waals surface area contributed by atoms with E-state index in [0.29, 0.717) is 6.04 Å². The number of nitrogens with zero attached hydrogens (tertiary/aromatic N) is 2. The molecule has 0 unspecified atom stereocenters. The molecule has 1 aliphatic carbocycles. The van der Waals surface area contributed by atoms with Crippen molar-refractivity contribution in [1.82, 2.24) is 10.3 Å². The fourth-order valence-electron chi connectivity index (χ4n) is 3.12. The van der Waals surface area contributed by atoms with Crippen molar-refractivity contribution >= 4 is 16.5 Å². The Balaban J connectivity index is 2.07. The van der Waals surface area contributed by atoms with E-state index in [4.69, 9.17) is 4.98 Å². The highest BCUT2D eigenvalue weighted by atomic mass is 32.1. The largest absolute Gasteiger partial charge is 0.348 e. The van der Waals surface area contributed by atoms with Gasteiger partial charge in [-0.2, -0.15) is 0 Å². The molecule has 2 rings (SSSR count). The molecule has 1 aromatic heterocycles. The predicted octanol–water partition coefficient (Wildman–Crippen LogP) is 4.22. The summed E-state index contributed by atoms with van der Waals surface area (Å²) in [6.45, 7) is 8.78. The van der Waals surface area contributed by atoms with E-state index in [1.54, 1.807) is 0 Å². The van der Waals surface area contributed by atoms with Crippen LogP contribution >= 0.6 is 11.3 Å². The minimum atomic E-state index is 0.689. The summed E-state index contributed by atoms with van der Waals surface area (Å²) in [7, 11) is 2.24. The SMILES string of the molecule is CCCc1nc(N(C)C2CCC(C)CC2)sc1CNCC. The Hall–Kier alpha value is -0.610. The molecule has 21 heavy (non-hydrogen) atoms. The molecule has 4 heteroatoms. The molecule has 1 aliphatic rings.